The molecule has 5 heteroatoms. The van der Waals surface area contributed by atoms with Crippen molar-refractivity contribution in [1.29, 1.82) is 0 Å². The van der Waals surface area contributed by atoms with Gasteiger partial charge in [-0.25, -0.2) is 4.39 Å². The van der Waals surface area contributed by atoms with Gasteiger partial charge in [0.05, 0.1) is 4.47 Å². The number of halogens is 2. The fourth-order valence-electron chi connectivity index (χ4n) is 2.06. The summed E-state index contributed by atoms with van der Waals surface area (Å²) in [5.41, 5.74) is 0.488. The van der Waals surface area contributed by atoms with Crippen molar-refractivity contribution in [2.75, 3.05) is 20.1 Å². The molecular formula is C13H16BrFN2O. The fourth-order valence-corrected chi connectivity index (χ4v) is 2.44. The van der Waals surface area contributed by atoms with Crippen LogP contribution in [0, 0.1) is 5.82 Å². The van der Waals surface area contributed by atoms with Crippen molar-refractivity contribution in [2.45, 2.75) is 18.9 Å². The minimum atomic E-state index is -0.356. The van der Waals surface area contributed by atoms with Gasteiger partial charge in [0.25, 0.3) is 5.91 Å². The number of carbonyl (C=O) groups excluding carboxylic acids is 1. The topological polar surface area (TPSA) is 32.3 Å². The molecule has 1 aromatic rings. The predicted molar refractivity (Wildman–Crippen MR) is 72.1 cm³/mol. The molecule has 1 saturated heterocycles. The lowest BCUT2D eigenvalue weighted by molar-refractivity contribution is 0.0917. The molecule has 0 aromatic heterocycles. The molecule has 1 heterocycles. The minimum absolute atomic E-state index is 0.134. The average molecular weight is 315 g/mol. The van der Waals surface area contributed by atoms with Crippen LogP contribution in [0.15, 0.2) is 22.7 Å². The van der Waals surface area contributed by atoms with Crippen LogP contribution < -0.4 is 5.32 Å². The zero-order valence-corrected chi connectivity index (χ0v) is 11.8. The molecule has 1 N–H and O–H groups in total. The first-order valence-corrected chi connectivity index (χ1v) is 6.80. The van der Waals surface area contributed by atoms with Crippen LogP contribution in [-0.2, 0) is 0 Å². The number of carbonyl (C=O) groups is 1. The molecule has 0 atom stereocenters. The van der Waals surface area contributed by atoms with Crippen LogP contribution in [0.3, 0.4) is 0 Å². The quantitative estimate of drug-likeness (QED) is 0.909. The summed E-state index contributed by atoms with van der Waals surface area (Å²) < 4.78 is 13.4. The predicted octanol–water partition coefficient (Wildman–Crippen LogP) is 2.41. The van der Waals surface area contributed by atoms with Gasteiger partial charge in [0.15, 0.2) is 0 Å². The van der Waals surface area contributed by atoms with Gasteiger partial charge in [-0.1, -0.05) is 0 Å². The van der Waals surface area contributed by atoms with Crippen LogP contribution in [0.2, 0.25) is 0 Å². The van der Waals surface area contributed by atoms with Crippen molar-refractivity contribution >= 4 is 21.8 Å². The van der Waals surface area contributed by atoms with E-state index in [0.717, 1.165) is 25.9 Å². The van der Waals surface area contributed by atoms with E-state index < -0.39 is 0 Å². The van der Waals surface area contributed by atoms with Crippen molar-refractivity contribution in [3.05, 3.63) is 34.1 Å². The van der Waals surface area contributed by atoms with Crippen LogP contribution in [0.1, 0.15) is 23.2 Å². The number of nitrogens with one attached hydrogen (secondary N) is 1. The summed E-state index contributed by atoms with van der Waals surface area (Å²) in [6, 6.07) is 4.54. The molecule has 3 nitrogen and oxygen atoms in total. The highest BCUT2D eigenvalue weighted by molar-refractivity contribution is 9.10. The number of nitrogens with zero attached hydrogens (tertiary/aromatic N) is 1. The lowest BCUT2D eigenvalue weighted by Crippen LogP contribution is -2.43. The van der Waals surface area contributed by atoms with E-state index in [9.17, 15) is 9.18 Å². The van der Waals surface area contributed by atoms with Crippen LogP contribution in [0.25, 0.3) is 0 Å². The Bertz CT molecular complexity index is 445. The molecule has 18 heavy (non-hydrogen) atoms. The van der Waals surface area contributed by atoms with Gasteiger partial charge in [-0.2, -0.15) is 0 Å². The van der Waals surface area contributed by atoms with Crippen molar-refractivity contribution < 1.29 is 9.18 Å². The first-order valence-electron chi connectivity index (χ1n) is 6.00. The van der Waals surface area contributed by atoms with E-state index in [1.165, 1.54) is 18.2 Å². The molecule has 0 radical (unpaired) electrons. The second-order valence-electron chi connectivity index (χ2n) is 4.68. The molecule has 0 saturated carbocycles. The Morgan fingerprint density at radius 1 is 1.44 bits per heavy atom. The number of piperidine rings is 1. The highest BCUT2D eigenvalue weighted by Crippen LogP contribution is 2.17. The number of benzene rings is 1. The first-order chi connectivity index (χ1) is 8.56. The zero-order valence-electron chi connectivity index (χ0n) is 10.2. The molecule has 1 amide bonds. The Hall–Kier alpha value is -0.940. The summed E-state index contributed by atoms with van der Waals surface area (Å²) in [4.78, 5) is 14.2. The number of likely N-dealkylation sites (tertiary alicyclic amines) is 1. The normalized spacial score (nSPS) is 17.7. The summed E-state index contributed by atoms with van der Waals surface area (Å²) in [7, 11) is 2.08. The summed E-state index contributed by atoms with van der Waals surface area (Å²) in [6.45, 7) is 2.00. The molecule has 1 aliphatic rings. The first kappa shape index (κ1) is 13.5. The van der Waals surface area contributed by atoms with E-state index in [4.69, 9.17) is 0 Å². The number of rotatable bonds is 2. The molecule has 98 valence electrons. The van der Waals surface area contributed by atoms with Gasteiger partial charge in [0.2, 0.25) is 0 Å². The van der Waals surface area contributed by atoms with Crippen LogP contribution in [-0.4, -0.2) is 37.0 Å². The monoisotopic (exact) mass is 314 g/mol. The Labute approximate surface area is 114 Å². The largest absolute Gasteiger partial charge is 0.349 e. The van der Waals surface area contributed by atoms with Gasteiger partial charge in [-0.05, 0) is 67.1 Å². The number of hydrogen-bond acceptors (Lipinski definition) is 2. The van der Waals surface area contributed by atoms with Gasteiger partial charge in [0.1, 0.15) is 5.82 Å². The Morgan fingerprint density at radius 2 is 2.11 bits per heavy atom. The van der Waals surface area contributed by atoms with E-state index in [1.54, 1.807) is 0 Å². The zero-order chi connectivity index (χ0) is 13.1. The van der Waals surface area contributed by atoms with Gasteiger partial charge in [-0.15, -0.1) is 0 Å². The van der Waals surface area contributed by atoms with Crippen LogP contribution >= 0.6 is 15.9 Å². The Balaban J connectivity index is 1.97. The summed E-state index contributed by atoms with van der Waals surface area (Å²) in [6.07, 6.45) is 1.93. The summed E-state index contributed by atoms with van der Waals surface area (Å²) >= 11 is 3.09. The Kier molecular flexibility index (Phi) is 4.35. The van der Waals surface area contributed by atoms with Crippen LogP contribution in [0.5, 0.6) is 0 Å². The van der Waals surface area contributed by atoms with E-state index in [-0.39, 0.29) is 17.8 Å². The molecule has 1 fully saturated rings. The molecule has 0 bridgehead atoms. The summed E-state index contributed by atoms with van der Waals surface area (Å²) in [5.74, 6) is -0.490. The van der Waals surface area contributed by atoms with Gasteiger partial charge >= 0.3 is 0 Å². The lowest BCUT2D eigenvalue weighted by Gasteiger charge is -2.29. The molecule has 0 unspecified atom stereocenters. The molecular weight excluding hydrogens is 299 g/mol. The second-order valence-corrected chi connectivity index (χ2v) is 5.53. The molecule has 0 aliphatic carbocycles. The SMILES string of the molecule is CN1CCC(NC(=O)c2ccc(F)c(Br)c2)CC1. The molecule has 2 rings (SSSR count). The highest BCUT2D eigenvalue weighted by atomic mass is 79.9. The number of amides is 1. The smallest absolute Gasteiger partial charge is 0.251 e. The van der Waals surface area contributed by atoms with E-state index in [2.05, 4.69) is 33.2 Å². The third-order valence-electron chi connectivity index (χ3n) is 3.24. The molecule has 1 aromatic carbocycles. The third kappa shape index (κ3) is 3.29. The lowest BCUT2D eigenvalue weighted by atomic mass is 10.0. The van der Waals surface area contributed by atoms with E-state index in [0.29, 0.717) is 10.0 Å². The van der Waals surface area contributed by atoms with Crippen molar-refractivity contribution in [3.8, 4) is 0 Å². The standard InChI is InChI=1S/C13H16BrFN2O/c1-17-6-4-10(5-7-17)16-13(18)9-2-3-12(15)11(14)8-9/h2-3,8,10H,4-7H2,1H3,(H,16,18). The van der Waals surface area contributed by atoms with Gasteiger partial charge in [0, 0.05) is 11.6 Å². The Morgan fingerprint density at radius 3 is 2.72 bits per heavy atom. The van der Waals surface area contributed by atoms with E-state index >= 15 is 0 Å². The fraction of sp³-hybridized carbons (Fsp3) is 0.462. The van der Waals surface area contributed by atoms with Crippen molar-refractivity contribution in [1.82, 2.24) is 10.2 Å². The number of hydrogen-bond donors (Lipinski definition) is 1. The van der Waals surface area contributed by atoms with Crippen molar-refractivity contribution in [3.63, 3.8) is 0 Å². The van der Waals surface area contributed by atoms with Gasteiger partial charge < -0.3 is 10.2 Å². The second kappa shape index (κ2) is 5.80. The third-order valence-corrected chi connectivity index (χ3v) is 3.84. The summed E-state index contributed by atoms with van der Waals surface area (Å²) in [5, 5.41) is 2.99. The highest BCUT2D eigenvalue weighted by Gasteiger charge is 2.19. The molecule has 1 aliphatic heterocycles. The average Bonchev–Trinajstić information content (AvgIpc) is 2.35. The van der Waals surface area contributed by atoms with E-state index in [1.807, 2.05) is 0 Å². The minimum Gasteiger partial charge on any atom is -0.349 e. The maximum absolute atomic E-state index is 13.1. The van der Waals surface area contributed by atoms with Gasteiger partial charge in [-0.3, -0.25) is 4.79 Å². The molecule has 0 spiro atoms. The maximum Gasteiger partial charge on any atom is 0.251 e. The van der Waals surface area contributed by atoms with Crippen molar-refractivity contribution in [2.24, 2.45) is 0 Å². The maximum atomic E-state index is 13.1. The van der Waals surface area contributed by atoms with Crippen LogP contribution in [0.4, 0.5) is 4.39 Å².